The first-order chi connectivity index (χ1) is 12.0. The number of aromatic nitrogens is 2. The van der Waals surface area contributed by atoms with Gasteiger partial charge in [0.2, 0.25) is 0 Å². The van der Waals surface area contributed by atoms with Crippen LogP contribution < -0.4 is 4.90 Å². The van der Waals surface area contributed by atoms with Crippen molar-refractivity contribution >= 4 is 33.9 Å². The molecule has 2 aromatic heterocycles. The molecular formula is C18H19N3O4. The van der Waals surface area contributed by atoms with Gasteiger partial charge in [0.25, 0.3) is 0 Å². The van der Waals surface area contributed by atoms with E-state index in [1.807, 2.05) is 38.1 Å². The molecule has 3 aromatic rings. The van der Waals surface area contributed by atoms with Gasteiger partial charge in [-0.25, -0.2) is 14.8 Å². The monoisotopic (exact) mass is 341 g/mol. The fraction of sp³-hybridized carbons (Fsp3) is 0.389. The van der Waals surface area contributed by atoms with E-state index in [1.165, 1.54) is 0 Å². The fourth-order valence-corrected chi connectivity index (χ4v) is 3.33. The number of hydrogen-bond acceptors (Lipinski definition) is 6. The van der Waals surface area contributed by atoms with Crippen LogP contribution in [0, 0.1) is 0 Å². The summed E-state index contributed by atoms with van der Waals surface area (Å²) in [7, 11) is 0. The van der Waals surface area contributed by atoms with E-state index < -0.39 is 18.1 Å². The second kappa shape index (κ2) is 5.70. The van der Waals surface area contributed by atoms with Crippen LogP contribution in [0.25, 0.3) is 22.1 Å². The Hall–Kier alpha value is -2.67. The Kier molecular flexibility index (Phi) is 3.61. The molecule has 2 N–H and O–H groups in total. The molecule has 2 atom stereocenters. The predicted octanol–water partition coefficient (Wildman–Crippen LogP) is 2.52. The molecule has 0 bridgehead atoms. The average molecular weight is 341 g/mol. The predicted molar refractivity (Wildman–Crippen MR) is 92.8 cm³/mol. The van der Waals surface area contributed by atoms with Crippen LogP contribution in [0.4, 0.5) is 5.82 Å². The summed E-state index contributed by atoms with van der Waals surface area (Å²) in [5, 5.41) is 20.4. The van der Waals surface area contributed by atoms with E-state index in [-0.39, 0.29) is 18.9 Å². The third-order valence-corrected chi connectivity index (χ3v) is 4.57. The summed E-state index contributed by atoms with van der Waals surface area (Å²) in [6.07, 6.45) is -0.545. The number of furan rings is 1. The molecule has 1 saturated heterocycles. The van der Waals surface area contributed by atoms with E-state index in [1.54, 1.807) is 4.90 Å². The van der Waals surface area contributed by atoms with E-state index in [9.17, 15) is 15.0 Å². The zero-order valence-electron chi connectivity index (χ0n) is 14.0. The molecule has 7 heteroatoms. The standard InChI is InChI=1S/C18H19N3O4/c1-9(2)16-19-14-11-5-3-4-6-13(11)25-15(14)17(20-16)21-8-10(22)7-12(21)18(23)24/h3-6,9-10,12,22H,7-8H2,1-2H3,(H,23,24)/t10-,12-/m0/s1. The zero-order chi connectivity index (χ0) is 17.7. The van der Waals surface area contributed by atoms with Crippen LogP contribution in [0.3, 0.4) is 0 Å². The van der Waals surface area contributed by atoms with Gasteiger partial charge in [0, 0.05) is 24.3 Å². The van der Waals surface area contributed by atoms with Crippen molar-refractivity contribution < 1.29 is 19.4 Å². The molecule has 4 rings (SSSR count). The minimum atomic E-state index is -0.981. The second-order valence-electron chi connectivity index (χ2n) is 6.73. The topological polar surface area (TPSA) is 99.7 Å². The molecule has 1 aromatic carbocycles. The largest absolute Gasteiger partial charge is 0.480 e. The van der Waals surface area contributed by atoms with E-state index in [2.05, 4.69) is 9.97 Å². The molecule has 1 aliphatic rings. The van der Waals surface area contributed by atoms with E-state index in [0.29, 0.717) is 28.3 Å². The zero-order valence-corrected chi connectivity index (χ0v) is 14.0. The lowest BCUT2D eigenvalue weighted by atomic mass is 10.2. The first-order valence-electron chi connectivity index (χ1n) is 8.32. The van der Waals surface area contributed by atoms with Crippen LogP contribution in [0.2, 0.25) is 0 Å². The maximum Gasteiger partial charge on any atom is 0.326 e. The molecule has 0 amide bonds. The SMILES string of the molecule is CC(C)c1nc(N2C[C@@H](O)C[C@H]2C(=O)O)c2oc3ccccc3c2n1. The molecule has 3 heterocycles. The number of nitrogens with zero attached hydrogens (tertiary/aromatic N) is 3. The second-order valence-corrected chi connectivity index (χ2v) is 6.73. The maximum atomic E-state index is 11.6. The van der Waals surface area contributed by atoms with E-state index in [4.69, 9.17) is 4.42 Å². The quantitative estimate of drug-likeness (QED) is 0.755. The highest BCUT2D eigenvalue weighted by Gasteiger charge is 2.38. The number of carboxylic acids is 1. The Morgan fingerprint density at radius 1 is 1.32 bits per heavy atom. The molecule has 0 radical (unpaired) electrons. The molecule has 7 nitrogen and oxygen atoms in total. The maximum absolute atomic E-state index is 11.6. The lowest BCUT2D eigenvalue weighted by molar-refractivity contribution is -0.138. The van der Waals surface area contributed by atoms with Gasteiger partial charge in [-0.1, -0.05) is 26.0 Å². The van der Waals surface area contributed by atoms with Gasteiger partial charge in [-0.3, -0.25) is 0 Å². The third kappa shape index (κ3) is 2.51. The summed E-state index contributed by atoms with van der Waals surface area (Å²) in [6, 6.07) is 6.73. The van der Waals surface area contributed by atoms with Crippen molar-refractivity contribution in [2.24, 2.45) is 0 Å². The summed E-state index contributed by atoms with van der Waals surface area (Å²) in [6.45, 7) is 4.18. The number of anilines is 1. The first kappa shape index (κ1) is 15.8. The van der Waals surface area contributed by atoms with E-state index in [0.717, 1.165) is 5.39 Å². The Morgan fingerprint density at radius 3 is 2.80 bits per heavy atom. The van der Waals surface area contributed by atoms with Crippen molar-refractivity contribution in [2.75, 3.05) is 11.4 Å². The molecule has 0 spiro atoms. The number of β-amino-alcohol motifs (C(OH)–C–C–N with tert-alkyl or cyclic N) is 1. The number of fused-ring (bicyclic) bond motifs is 3. The summed E-state index contributed by atoms with van der Waals surface area (Å²) < 4.78 is 5.95. The lowest BCUT2D eigenvalue weighted by Gasteiger charge is -2.23. The minimum Gasteiger partial charge on any atom is -0.480 e. The average Bonchev–Trinajstić information content (AvgIpc) is 3.14. The van der Waals surface area contributed by atoms with Crippen LogP contribution >= 0.6 is 0 Å². The Balaban J connectivity index is 2.00. The van der Waals surface area contributed by atoms with E-state index >= 15 is 0 Å². The molecule has 1 fully saturated rings. The number of carboxylic acid groups (broad SMARTS) is 1. The summed E-state index contributed by atoms with van der Waals surface area (Å²) in [5.74, 6) is 0.159. The van der Waals surface area contributed by atoms with Crippen molar-refractivity contribution in [3.05, 3.63) is 30.1 Å². The van der Waals surface area contributed by atoms with Crippen LogP contribution in [-0.4, -0.2) is 44.8 Å². The fourth-order valence-electron chi connectivity index (χ4n) is 3.33. The number of benzene rings is 1. The first-order valence-corrected chi connectivity index (χ1v) is 8.32. The van der Waals surface area contributed by atoms with Crippen LogP contribution in [0.5, 0.6) is 0 Å². The molecular weight excluding hydrogens is 322 g/mol. The van der Waals surface area contributed by atoms with Gasteiger partial charge in [-0.15, -0.1) is 0 Å². The van der Waals surface area contributed by atoms with Crippen LogP contribution in [-0.2, 0) is 4.79 Å². The van der Waals surface area contributed by atoms with Crippen molar-refractivity contribution in [1.29, 1.82) is 0 Å². The Bertz CT molecular complexity index is 966. The number of rotatable bonds is 3. The number of hydrogen-bond donors (Lipinski definition) is 2. The number of aliphatic hydroxyl groups excluding tert-OH is 1. The minimum absolute atomic E-state index is 0.0765. The highest BCUT2D eigenvalue weighted by atomic mass is 16.4. The van der Waals surface area contributed by atoms with Gasteiger partial charge in [0.05, 0.1) is 6.10 Å². The van der Waals surface area contributed by atoms with Gasteiger partial charge in [-0.05, 0) is 12.1 Å². The third-order valence-electron chi connectivity index (χ3n) is 4.57. The Labute approximate surface area is 143 Å². The highest BCUT2D eigenvalue weighted by molar-refractivity contribution is 6.06. The summed E-state index contributed by atoms with van der Waals surface area (Å²) in [4.78, 5) is 22.5. The molecule has 1 aliphatic heterocycles. The number of aliphatic hydroxyl groups is 1. The molecule has 0 unspecified atom stereocenters. The summed E-state index contributed by atoms with van der Waals surface area (Å²) in [5.41, 5.74) is 1.82. The normalized spacial score (nSPS) is 20.9. The van der Waals surface area contributed by atoms with Crippen molar-refractivity contribution in [2.45, 2.75) is 38.3 Å². The van der Waals surface area contributed by atoms with Gasteiger partial charge in [0.1, 0.15) is 23.0 Å². The number of para-hydroxylation sites is 1. The number of aliphatic carboxylic acids is 1. The van der Waals surface area contributed by atoms with Gasteiger partial charge in [-0.2, -0.15) is 0 Å². The summed E-state index contributed by atoms with van der Waals surface area (Å²) >= 11 is 0. The molecule has 130 valence electrons. The van der Waals surface area contributed by atoms with Gasteiger partial charge >= 0.3 is 5.97 Å². The van der Waals surface area contributed by atoms with Gasteiger partial charge < -0.3 is 19.5 Å². The van der Waals surface area contributed by atoms with Crippen LogP contribution in [0.15, 0.2) is 28.7 Å². The highest BCUT2D eigenvalue weighted by Crippen LogP contribution is 2.36. The van der Waals surface area contributed by atoms with Crippen molar-refractivity contribution in [1.82, 2.24) is 9.97 Å². The smallest absolute Gasteiger partial charge is 0.326 e. The molecule has 0 saturated carbocycles. The number of carbonyl (C=O) groups is 1. The van der Waals surface area contributed by atoms with Gasteiger partial charge in [0.15, 0.2) is 11.4 Å². The molecule has 0 aliphatic carbocycles. The van der Waals surface area contributed by atoms with Crippen LogP contribution in [0.1, 0.15) is 32.0 Å². The van der Waals surface area contributed by atoms with Crippen molar-refractivity contribution in [3.63, 3.8) is 0 Å². The Morgan fingerprint density at radius 2 is 2.08 bits per heavy atom. The van der Waals surface area contributed by atoms with Crippen molar-refractivity contribution in [3.8, 4) is 0 Å². The molecule has 25 heavy (non-hydrogen) atoms. The lowest BCUT2D eigenvalue weighted by Crippen LogP contribution is -2.36.